The Labute approximate surface area is 157 Å². The van der Waals surface area contributed by atoms with Gasteiger partial charge >= 0.3 is 6.03 Å². The molecule has 0 aliphatic carbocycles. The molecule has 3 rings (SSSR count). The number of benzene rings is 1. The lowest BCUT2D eigenvalue weighted by Gasteiger charge is -2.11. The molecule has 27 heavy (non-hydrogen) atoms. The number of urea groups is 1. The van der Waals surface area contributed by atoms with Crippen LogP contribution in [0.2, 0.25) is 0 Å². The van der Waals surface area contributed by atoms with Crippen molar-refractivity contribution in [1.29, 1.82) is 0 Å². The van der Waals surface area contributed by atoms with Crippen molar-refractivity contribution in [2.45, 2.75) is 40.5 Å². The number of aryl methyl sites for hydroxylation is 4. The minimum absolute atomic E-state index is 0.254. The lowest BCUT2D eigenvalue weighted by atomic mass is 10.1. The zero-order valence-corrected chi connectivity index (χ0v) is 15.9. The van der Waals surface area contributed by atoms with Gasteiger partial charge in [-0.2, -0.15) is 0 Å². The van der Waals surface area contributed by atoms with Gasteiger partial charge in [-0.15, -0.1) is 10.2 Å². The molecule has 8 nitrogen and oxygen atoms in total. The van der Waals surface area contributed by atoms with E-state index in [0.29, 0.717) is 24.0 Å². The van der Waals surface area contributed by atoms with Crippen molar-refractivity contribution >= 4 is 11.7 Å². The summed E-state index contributed by atoms with van der Waals surface area (Å²) < 4.78 is 10.6. The molecule has 0 fully saturated rings. The fourth-order valence-corrected chi connectivity index (χ4v) is 2.80. The van der Waals surface area contributed by atoms with Crippen molar-refractivity contribution in [3.05, 3.63) is 46.7 Å². The number of nitrogens with zero attached hydrogens (tertiary/aromatic N) is 3. The van der Waals surface area contributed by atoms with Crippen LogP contribution >= 0.6 is 0 Å². The van der Waals surface area contributed by atoms with Crippen molar-refractivity contribution in [2.24, 2.45) is 0 Å². The van der Waals surface area contributed by atoms with Crippen LogP contribution in [-0.4, -0.2) is 27.9 Å². The number of aromatic nitrogens is 3. The maximum Gasteiger partial charge on any atom is 0.319 e. The number of hydrogen-bond acceptors (Lipinski definition) is 6. The van der Waals surface area contributed by atoms with E-state index < -0.39 is 0 Å². The average Bonchev–Trinajstić information content (AvgIpc) is 3.20. The van der Waals surface area contributed by atoms with Crippen molar-refractivity contribution < 1.29 is 13.7 Å². The van der Waals surface area contributed by atoms with Crippen LogP contribution in [0.3, 0.4) is 0 Å². The predicted octanol–water partition coefficient (Wildman–Crippen LogP) is 3.71. The first-order chi connectivity index (χ1) is 12.9. The third kappa shape index (κ3) is 4.52. The van der Waals surface area contributed by atoms with E-state index in [1.807, 2.05) is 39.0 Å². The first kappa shape index (κ1) is 18.6. The molecule has 2 aromatic heterocycles. The number of amides is 2. The van der Waals surface area contributed by atoms with E-state index in [9.17, 15) is 4.79 Å². The molecular weight excluding hydrogens is 346 g/mol. The number of anilines is 1. The average molecular weight is 369 g/mol. The van der Waals surface area contributed by atoms with Crippen LogP contribution in [0.15, 0.2) is 27.1 Å². The van der Waals surface area contributed by atoms with E-state index in [-0.39, 0.29) is 6.03 Å². The highest BCUT2D eigenvalue weighted by Crippen LogP contribution is 2.24. The summed E-state index contributed by atoms with van der Waals surface area (Å²) >= 11 is 0. The van der Waals surface area contributed by atoms with E-state index in [4.69, 9.17) is 8.94 Å². The number of rotatable bonds is 6. The summed E-state index contributed by atoms with van der Waals surface area (Å²) in [7, 11) is 0. The standard InChI is InChI=1S/C19H23N5O3/c1-11-7-8-15(18-23-22-14(4)26-18)10-17(11)21-19(25)20-9-5-6-16-12(2)24-27-13(16)3/h7-8,10H,5-6,9H2,1-4H3,(H2,20,21,25). The second kappa shape index (κ2) is 8.03. The summed E-state index contributed by atoms with van der Waals surface area (Å²) in [5.41, 5.74) is 4.42. The number of carbonyl (C=O) groups excluding carboxylic acids is 1. The number of carbonyl (C=O) groups is 1. The molecule has 2 N–H and O–H groups in total. The number of hydrogen-bond donors (Lipinski definition) is 2. The predicted molar refractivity (Wildman–Crippen MR) is 101 cm³/mol. The highest BCUT2D eigenvalue weighted by molar-refractivity contribution is 5.90. The molecule has 0 unspecified atom stereocenters. The summed E-state index contributed by atoms with van der Waals surface area (Å²) in [5, 5.41) is 17.5. The van der Waals surface area contributed by atoms with Gasteiger partial charge in [0.15, 0.2) is 0 Å². The van der Waals surface area contributed by atoms with Gasteiger partial charge in [0.25, 0.3) is 0 Å². The van der Waals surface area contributed by atoms with E-state index in [1.54, 1.807) is 6.92 Å². The Morgan fingerprint density at radius 1 is 1.15 bits per heavy atom. The zero-order valence-electron chi connectivity index (χ0n) is 15.9. The maximum absolute atomic E-state index is 12.2. The molecule has 0 aliphatic rings. The molecule has 0 aliphatic heterocycles. The van der Waals surface area contributed by atoms with Crippen LogP contribution in [0, 0.1) is 27.7 Å². The van der Waals surface area contributed by atoms with Gasteiger partial charge in [0.1, 0.15) is 5.76 Å². The Morgan fingerprint density at radius 2 is 1.96 bits per heavy atom. The monoisotopic (exact) mass is 369 g/mol. The molecule has 3 aromatic rings. The molecule has 0 radical (unpaired) electrons. The van der Waals surface area contributed by atoms with Crippen molar-refractivity contribution in [2.75, 3.05) is 11.9 Å². The third-order valence-electron chi connectivity index (χ3n) is 4.33. The Morgan fingerprint density at radius 3 is 2.63 bits per heavy atom. The first-order valence-electron chi connectivity index (χ1n) is 8.82. The summed E-state index contributed by atoms with van der Waals surface area (Å²) in [5.74, 6) is 1.76. The Bertz CT molecular complexity index is 925. The van der Waals surface area contributed by atoms with Crippen LogP contribution < -0.4 is 10.6 Å². The van der Waals surface area contributed by atoms with Crippen LogP contribution in [-0.2, 0) is 6.42 Å². The summed E-state index contributed by atoms with van der Waals surface area (Å²) in [6, 6.07) is 5.36. The van der Waals surface area contributed by atoms with Gasteiger partial charge in [0.05, 0.1) is 5.69 Å². The van der Waals surface area contributed by atoms with Gasteiger partial charge in [-0.1, -0.05) is 11.2 Å². The van der Waals surface area contributed by atoms with Crippen molar-refractivity contribution in [3.63, 3.8) is 0 Å². The van der Waals surface area contributed by atoms with E-state index in [0.717, 1.165) is 41.0 Å². The van der Waals surface area contributed by atoms with Gasteiger partial charge in [0, 0.05) is 30.3 Å². The third-order valence-corrected chi connectivity index (χ3v) is 4.33. The van der Waals surface area contributed by atoms with Gasteiger partial charge in [-0.3, -0.25) is 0 Å². The van der Waals surface area contributed by atoms with E-state index >= 15 is 0 Å². The molecule has 0 atom stereocenters. The highest BCUT2D eigenvalue weighted by atomic mass is 16.5. The van der Waals surface area contributed by atoms with Gasteiger partial charge in [0.2, 0.25) is 11.8 Å². The summed E-state index contributed by atoms with van der Waals surface area (Å²) in [4.78, 5) is 12.2. The smallest absolute Gasteiger partial charge is 0.319 e. The lowest BCUT2D eigenvalue weighted by molar-refractivity contribution is 0.252. The van der Waals surface area contributed by atoms with Gasteiger partial charge in [-0.25, -0.2) is 4.79 Å². The summed E-state index contributed by atoms with van der Waals surface area (Å²) in [6.45, 7) is 8.04. The minimum Gasteiger partial charge on any atom is -0.421 e. The number of nitrogens with one attached hydrogen (secondary N) is 2. The first-order valence-corrected chi connectivity index (χ1v) is 8.82. The molecule has 0 spiro atoms. The lowest BCUT2D eigenvalue weighted by Crippen LogP contribution is -2.30. The fraction of sp³-hybridized carbons (Fsp3) is 0.368. The van der Waals surface area contributed by atoms with Gasteiger partial charge < -0.3 is 19.6 Å². The fourth-order valence-electron chi connectivity index (χ4n) is 2.80. The molecule has 0 saturated heterocycles. The highest BCUT2D eigenvalue weighted by Gasteiger charge is 2.11. The molecule has 1 aromatic carbocycles. The molecule has 8 heteroatoms. The second-order valence-electron chi connectivity index (χ2n) is 6.44. The zero-order chi connectivity index (χ0) is 19.4. The van der Waals surface area contributed by atoms with Crippen LogP contribution in [0.25, 0.3) is 11.5 Å². The normalized spacial score (nSPS) is 10.8. The molecule has 0 saturated carbocycles. The summed E-state index contributed by atoms with van der Waals surface area (Å²) in [6.07, 6.45) is 1.61. The maximum atomic E-state index is 12.2. The Balaban J connectivity index is 1.54. The Kier molecular flexibility index (Phi) is 5.54. The molecule has 0 bridgehead atoms. The quantitative estimate of drug-likeness (QED) is 0.642. The molecule has 142 valence electrons. The van der Waals surface area contributed by atoms with Crippen LogP contribution in [0.4, 0.5) is 10.5 Å². The molecule has 2 heterocycles. The Hall–Kier alpha value is -3.16. The minimum atomic E-state index is -0.254. The largest absolute Gasteiger partial charge is 0.421 e. The van der Waals surface area contributed by atoms with Crippen molar-refractivity contribution in [3.8, 4) is 11.5 Å². The molecule has 2 amide bonds. The topological polar surface area (TPSA) is 106 Å². The second-order valence-corrected chi connectivity index (χ2v) is 6.44. The van der Waals surface area contributed by atoms with Crippen molar-refractivity contribution in [1.82, 2.24) is 20.7 Å². The molecular formula is C19H23N5O3. The van der Waals surface area contributed by atoms with Gasteiger partial charge in [-0.05, 0) is 51.3 Å². The van der Waals surface area contributed by atoms with E-state index in [2.05, 4.69) is 26.0 Å². The van der Waals surface area contributed by atoms with Crippen LogP contribution in [0.5, 0.6) is 0 Å². The SMILES string of the molecule is Cc1nnc(-c2ccc(C)c(NC(=O)NCCCc3c(C)noc3C)c2)o1. The van der Waals surface area contributed by atoms with Crippen LogP contribution in [0.1, 0.15) is 34.9 Å². The van der Waals surface area contributed by atoms with E-state index in [1.165, 1.54) is 0 Å².